The van der Waals surface area contributed by atoms with Crippen molar-refractivity contribution in [2.75, 3.05) is 29.4 Å². The Hall–Kier alpha value is -3.28. The Labute approximate surface area is 182 Å². The normalized spacial score (nSPS) is 16.2. The van der Waals surface area contributed by atoms with Crippen LogP contribution in [0.4, 0.5) is 15.9 Å². The quantitative estimate of drug-likeness (QED) is 0.594. The van der Waals surface area contributed by atoms with Crippen molar-refractivity contribution >= 4 is 17.4 Å². The zero-order chi connectivity index (χ0) is 21.8. The molecular weight excluding hydrogens is 391 g/mol. The molecule has 0 aliphatic carbocycles. The van der Waals surface area contributed by atoms with Gasteiger partial charge in [0.1, 0.15) is 5.82 Å². The fourth-order valence-electron chi connectivity index (χ4n) is 4.19. The van der Waals surface area contributed by atoms with Gasteiger partial charge in [-0.3, -0.25) is 4.79 Å². The third-order valence-electron chi connectivity index (χ3n) is 5.87. The summed E-state index contributed by atoms with van der Waals surface area (Å²) in [6.45, 7) is 6.18. The van der Waals surface area contributed by atoms with E-state index in [1.54, 1.807) is 12.1 Å². The van der Waals surface area contributed by atoms with Crippen LogP contribution < -0.4 is 9.80 Å². The Bertz CT molecular complexity index is 1040. The largest absolute Gasteiger partial charge is 0.354 e. The van der Waals surface area contributed by atoms with Gasteiger partial charge in [-0.1, -0.05) is 18.2 Å². The molecule has 1 aliphatic rings. The monoisotopic (exact) mass is 418 g/mol. The number of carbonyl (C=O) groups excluding carboxylic acids is 1. The predicted molar refractivity (Wildman–Crippen MR) is 122 cm³/mol. The van der Waals surface area contributed by atoms with Gasteiger partial charge in [0.15, 0.2) is 5.82 Å². The summed E-state index contributed by atoms with van der Waals surface area (Å²) in [5.41, 5.74) is 3.61. The fraction of sp³-hybridized carbons (Fsp3) is 0.320. The number of aryl methyl sites for hydroxylation is 1. The summed E-state index contributed by atoms with van der Waals surface area (Å²) >= 11 is 0. The lowest BCUT2D eigenvalue weighted by Gasteiger charge is -2.35. The Morgan fingerprint density at radius 3 is 2.55 bits per heavy atom. The highest BCUT2D eigenvalue weighted by molar-refractivity contribution is 5.96. The first-order valence-electron chi connectivity index (χ1n) is 10.8. The number of nitrogens with zero attached hydrogens (tertiary/aromatic N) is 4. The Morgan fingerprint density at radius 1 is 1.10 bits per heavy atom. The molecule has 2 heterocycles. The minimum absolute atomic E-state index is 0.0770. The van der Waals surface area contributed by atoms with Crippen molar-refractivity contribution in [1.82, 2.24) is 10.2 Å². The van der Waals surface area contributed by atoms with Crippen LogP contribution in [0.3, 0.4) is 0 Å². The Kier molecular flexibility index (Phi) is 6.26. The summed E-state index contributed by atoms with van der Waals surface area (Å²) in [6, 6.07) is 18.1. The van der Waals surface area contributed by atoms with Gasteiger partial charge in [0.2, 0.25) is 5.91 Å². The van der Waals surface area contributed by atoms with Crippen LogP contribution in [0.5, 0.6) is 0 Å². The number of amides is 1. The molecule has 2 aromatic carbocycles. The number of hydrogen-bond donors (Lipinski definition) is 0. The van der Waals surface area contributed by atoms with Gasteiger partial charge >= 0.3 is 0 Å². The van der Waals surface area contributed by atoms with Crippen molar-refractivity contribution in [2.45, 2.75) is 26.7 Å². The van der Waals surface area contributed by atoms with E-state index in [9.17, 15) is 9.18 Å². The molecule has 4 rings (SSSR count). The van der Waals surface area contributed by atoms with Crippen LogP contribution in [0, 0.1) is 18.7 Å². The van der Waals surface area contributed by atoms with Crippen LogP contribution in [0.15, 0.2) is 60.7 Å². The average Bonchev–Trinajstić information content (AvgIpc) is 2.81. The molecule has 1 saturated heterocycles. The predicted octanol–water partition coefficient (Wildman–Crippen LogP) is 4.86. The highest BCUT2D eigenvalue weighted by Gasteiger charge is 2.30. The maximum atomic E-state index is 13.4. The van der Waals surface area contributed by atoms with Crippen molar-refractivity contribution in [3.63, 3.8) is 0 Å². The van der Waals surface area contributed by atoms with E-state index in [1.165, 1.54) is 12.1 Å². The van der Waals surface area contributed by atoms with Gasteiger partial charge in [-0.15, -0.1) is 10.2 Å². The van der Waals surface area contributed by atoms with Crippen LogP contribution in [-0.4, -0.2) is 35.7 Å². The molecule has 0 saturated carbocycles. The molecular formula is C25H27FN4O. The summed E-state index contributed by atoms with van der Waals surface area (Å²) < 4.78 is 13.2. The highest BCUT2D eigenvalue weighted by atomic mass is 19.1. The third kappa shape index (κ3) is 4.58. The van der Waals surface area contributed by atoms with Crippen molar-refractivity contribution in [1.29, 1.82) is 0 Å². The van der Waals surface area contributed by atoms with Gasteiger partial charge in [-0.25, -0.2) is 4.39 Å². The fourth-order valence-corrected chi connectivity index (χ4v) is 4.19. The first-order chi connectivity index (χ1) is 15.1. The maximum Gasteiger partial charge on any atom is 0.231 e. The summed E-state index contributed by atoms with van der Waals surface area (Å²) in [5, 5.41) is 8.71. The number of halogens is 1. The van der Waals surface area contributed by atoms with Gasteiger partial charge in [0.25, 0.3) is 0 Å². The van der Waals surface area contributed by atoms with Gasteiger partial charge in [0.05, 0.1) is 11.6 Å². The topological polar surface area (TPSA) is 49.3 Å². The number of anilines is 2. The van der Waals surface area contributed by atoms with Gasteiger partial charge in [-0.05, 0) is 74.7 Å². The number of aromatic nitrogens is 2. The molecule has 1 aliphatic heterocycles. The highest BCUT2D eigenvalue weighted by Crippen LogP contribution is 2.27. The molecule has 3 aromatic rings. The summed E-state index contributed by atoms with van der Waals surface area (Å²) in [6.07, 6.45) is 1.81. The van der Waals surface area contributed by atoms with E-state index in [1.807, 2.05) is 55.1 Å². The molecule has 5 nitrogen and oxygen atoms in total. The maximum absolute atomic E-state index is 13.4. The molecule has 1 unspecified atom stereocenters. The summed E-state index contributed by atoms with van der Waals surface area (Å²) in [5.74, 6) is 0.579. The lowest BCUT2D eigenvalue weighted by Crippen LogP contribution is -2.45. The molecule has 31 heavy (non-hydrogen) atoms. The molecule has 1 aromatic heterocycles. The molecule has 0 radical (unpaired) electrons. The number of hydrogen-bond acceptors (Lipinski definition) is 4. The van der Waals surface area contributed by atoms with Gasteiger partial charge in [-0.2, -0.15) is 0 Å². The molecule has 1 atom stereocenters. The Balaban J connectivity index is 1.48. The van der Waals surface area contributed by atoms with Crippen LogP contribution in [-0.2, 0) is 4.79 Å². The van der Waals surface area contributed by atoms with E-state index in [4.69, 9.17) is 0 Å². The number of benzene rings is 2. The SMILES string of the molecule is CCN(C(=O)C1CCCN(c2ccc(-c3ccc(F)cc3)nn2)C1)c1ccccc1C. The standard InChI is InChI=1S/C25H27FN4O/c1-3-30(23-9-5-4-7-18(23)2)25(31)20-8-6-16-29(17-20)24-15-14-22(27-28-24)19-10-12-21(26)13-11-19/h4-5,7,9-15,20H,3,6,8,16-17H2,1-2H3. The second-order valence-electron chi connectivity index (χ2n) is 7.94. The van der Waals surface area contributed by atoms with E-state index < -0.39 is 0 Å². The minimum atomic E-state index is -0.274. The zero-order valence-electron chi connectivity index (χ0n) is 18.0. The first kappa shape index (κ1) is 21.0. The number of rotatable bonds is 5. The first-order valence-corrected chi connectivity index (χ1v) is 10.8. The number of carbonyl (C=O) groups is 1. The Morgan fingerprint density at radius 2 is 1.87 bits per heavy atom. The number of para-hydroxylation sites is 1. The smallest absolute Gasteiger partial charge is 0.231 e. The summed E-state index contributed by atoms with van der Waals surface area (Å²) in [4.78, 5) is 17.4. The van der Waals surface area contributed by atoms with Crippen molar-refractivity contribution < 1.29 is 9.18 Å². The average molecular weight is 419 g/mol. The van der Waals surface area contributed by atoms with Crippen molar-refractivity contribution in [3.05, 3.63) is 72.0 Å². The molecule has 0 bridgehead atoms. The zero-order valence-corrected chi connectivity index (χ0v) is 18.0. The lowest BCUT2D eigenvalue weighted by molar-refractivity contribution is -0.122. The van der Waals surface area contributed by atoms with Crippen LogP contribution >= 0.6 is 0 Å². The van der Waals surface area contributed by atoms with E-state index in [2.05, 4.69) is 15.1 Å². The van der Waals surface area contributed by atoms with Crippen LogP contribution in [0.25, 0.3) is 11.3 Å². The second-order valence-corrected chi connectivity index (χ2v) is 7.94. The van der Waals surface area contributed by atoms with Gasteiger partial charge in [0, 0.05) is 30.9 Å². The van der Waals surface area contributed by atoms with E-state index in [0.29, 0.717) is 18.8 Å². The second kappa shape index (κ2) is 9.25. The minimum Gasteiger partial charge on any atom is -0.354 e. The van der Waals surface area contributed by atoms with Crippen molar-refractivity contribution in [2.24, 2.45) is 5.92 Å². The van der Waals surface area contributed by atoms with Crippen LogP contribution in [0.1, 0.15) is 25.3 Å². The molecule has 1 fully saturated rings. The molecule has 160 valence electrons. The van der Waals surface area contributed by atoms with Crippen LogP contribution in [0.2, 0.25) is 0 Å². The van der Waals surface area contributed by atoms with Gasteiger partial charge < -0.3 is 9.80 Å². The number of piperidine rings is 1. The summed E-state index contributed by atoms with van der Waals surface area (Å²) in [7, 11) is 0. The van der Waals surface area contributed by atoms with E-state index in [0.717, 1.165) is 42.0 Å². The van der Waals surface area contributed by atoms with E-state index in [-0.39, 0.29) is 17.6 Å². The van der Waals surface area contributed by atoms with E-state index >= 15 is 0 Å². The molecule has 6 heteroatoms. The van der Waals surface area contributed by atoms with Crippen molar-refractivity contribution in [3.8, 4) is 11.3 Å². The lowest BCUT2D eigenvalue weighted by atomic mass is 9.96. The third-order valence-corrected chi connectivity index (χ3v) is 5.87. The molecule has 0 spiro atoms. The molecule has 1 amide bonds. The molecule has 0 N–H and O–H groups in total.